The summed E-state index contributed by atoms with van der Waals surface area (Å²) in [5, 5.41) is 6.75. The van der Waals surface area contributed by atoms with Crippen LogP contribution in [-0.4, -0.2) is 67.2 Å². The van der Waals surface area contributed by atoms with Crippen molar-refractivity contribution in [2.24, 2.45) is 0 Å². The highest BCUT2D eigenvalue weighted by molar-refractivity contribution is 5.93. The number of aryl methyl sites for hydroxylation is 1. The Balaban J connectivity index is 1.07. The van der Waals surface area contributed by atoms with Gasteiger partial charge in [0.05, 0.1) is 22.8 Å². The molecule has 1 amide bonds. The summed E-state index contributed by atoms with van der Waals surface area (Å²) >= 11 is 0. The second-order valence-electron chi connectivity index (χ2n) is 11.9. The Morgan fingerprint density at radius 3 is 2.41 bits per heavy atom. The predicted octanol–water partition coefficient (Wildman–Crippen LogP) is 5.50. The molecule has 3 aliphatic heterocycles. The van der Waals surface area contributed by atoms with Crippen molar-refractivity contribution in [3.05, 3.63) is 83.9 Å². The summed E-state index contributed by atoms with van der Waals surface area (Å²) < 4.78 is 2.52. The molecule has 0 saturated carbocycles. The topological polar surface area (TPSA) is 70.1 Å². The molecule has 39 heavy (non-hydrogen) atoms. The lowest BCUT2D eigenvalue weighted by atomic mass is 9.70. The zero-order valence-electron chi connectivity index (χ0n) is 22.8. The SMILES string of the molecule is Cc1nc2ccccc2n1C1C[C@H]2CC[C@@H](C1)N2CCC1(c2ccccc2)CCN(C(=O)c2cn[nH]c2)CC1. The van der Waals surface area contributed by atoms with E-state index in [2.05, 4.69) is 81.2 Å². The van der Waals surface area contributed by atoms with Crippen molar-refractivity contribution in [2.75, 3.05) is 19.6 Å². The van der Waals surface area contributed by atoms with Crippen molar-refractivity contribution in [1.82, 2.24) is 29.5 Å². The lowest BCUT2D eigenvalue weighted by Gasteiger charge is -2.45. The molecule has 5 heterocycles. The normalized spacial score (nSPS) is 24.8. The molecule has 0 aliphatic carbocycles. The summed E-state index contributed by atoms with van der Waals surface area (Å²) in [5.74, 6) is 1.24. The van der Waals surface area contributed by atoms with Gasteiger partial charge >= 0.3 is 0 Å². The number of nitrogens with zero attached hydrogens (tertiary/aromatic N) is 5. The van der Waals surface area contributed by atoms with Gasteiger partial charge in [-0.15, -0.1) is 0 Å². The minimum Gasteiger partial charge on any atom is -0.338 e. The molecule has 3 saturated heterocycles. The van der Waals surface area contributed by atoms with Gasteiger partial charge in [0.25, 0.3) is 5.91 Å². The first-order chi connectivity index (χ1) is 19.1. The molecule has 7 rings (SSSR count). The van der Waals surface area contributed by atoms with Crippen molar-refractivity contribution in [1.29, 1.82) is 0 Å². The number of aromatic nitrogens is 4. The van der Waals surface area contributed by atoms with Crippen molar-refractivity contribution >= 4 is 16.9 Å². The molecule has 3 atom stereocenters. The Morgan fingerprint density at radius 2 is 1.69 bits per heavy atom. The highest BCUT2D eigenvalue weighted by atomic mass is 16.2. The number of aromatic amines is 1. The number of benzene rings is 2. The maximum Gasteiger partial charge on any atom is 0.257 e. The molecule has 3 aliphatic rings. The number of hydrogen-bond donors (Lipinski definition) is 1. The van der Waals surface area contributed by atoms with Crippen LogP contribution in [0.2, 0.25) is 0 Å². The van der Waals surface area contributed by atoms with E-state index >= 15 is 0 Å². The number of fused-ring (bicyclic) bond motifs is 3. The predicted molar refractivity (Wildman–Crippen MR) is 153 cm³/mol. The molecular formula is C32H38N6O. The molecule has 1 unspecified atom stereocenters. The first-order valence-corrected chi connectivity index (χ1v) is 14.6. The average molecular weight is 523 g/mol. The fourth-order valence-corrected chi connectivity index (χ4v) is 7.95. The quantitative estimate of drug-likeness (QED) is 0.363. The highest BCUT2D eigenvalue weighted by Crippen LogP contribution is 2.45. The third-order valence-corrected chi connectivity index (χ3v) is 9.98. The van der Waals surface area contributed by atoms with Crippen LogP contribution >= 0.6 is 0 Å². The fraction of sp³-hybridized carbons (Fsp3) is 0.469. The maximum atomic E-state index is 13.0. The van der Waals surface area contributed by atoms with Crippen LogP contribution in [0.25, 0.3) is 11.0 Å². The molecule has 202 valence electrons. The average Bonchev–Trinajstić information content (AvgIpc) is 3.68. The van der Waals surface area contributed by atoms with Gasteiger partial charge < -0.3 is 9.47 Å². The van der Waals surface area contributed by atoms with E-state index in [1.165, 1.54) is 36.8 Å². The summed E-state index contributed by atoms with van der Waals surface area (Å²) in [4.78, 5) is 22.7. The largest absolute Gasteiger partial charge is 0.338 e. The summed E-state index contributed by atoms with van der Waals surface area (Å²) in [6, 6.07) is 21.5. The van der Waals surface area contributed by atoms with E-state index in [0.29, 0.717) is 23.7 Å². The summed E-state index contributed by atoms with van der Waals surface area (Å²) in [6.07, 6.45) is 11.5. The Labute approximate surface area is 230 Å². The van der Waals surface area contributed by atoms with Crippen molar-refractivity contribution < 1.29 is 4.79 Å². The summed E-state index contributed by atoms with van der Waals surface area (Å²) in [5.41, 5.74) is 4.60. The molecule has 2 aromatic carbocycles. The third-order valence-electron chi connectivity index (χ3n) is 9.98. The van der Waals surface area contributed by atoms with E-state index in [1.807, 2.05) is 4.90 Å². The Kier molecular flexibility index (Phi) is 6.26. The molecule has 0 spiro atoms. The van der Waals surface area contributed by atoms with E-state index in [4.69, 9.17) is 4.98 Å². The zero-order chi connectivity index (χ0) is 26.4. The maximum absolute atomic E-state index is 13.0. The Hall–Kier alpha value is -3.45. The number of likely N-dealkylation sites (tertiary alicyclic amines) is 1. The van der Waals surface area contributed by atoms with Gasteiger partial charge in [0.15, 0.2) is 0 Å². The van der Waals surface area contributed by atoms with Gasteiger partial charge in [0, 0.05) is 37.4 Å². The lowest BCUT2D eigenvalue weighted by Crippen LogP contribution is -2.49. The molecule has 7 nitrogen and oxygen atoms in total. The molecule has 3 fully saturated rings. The lowest BCUT2D eigenvalue weighted by molar-refractivity contribution is 0.0607. The van der Waals surface area contributed by atoms with Gasteiger partial charge in [-0.05, 0) is 81.5 Å². The number of nitrogens with one attached hydrogen (secondary N) is 1. The minimum atomic E-state index is 0.0906. The summed E-state index contributed by atoms with van der Waals surface area (Å²) in [6.45, 7) is 4.89. The van der Waals surface area contributed by atoms with E-state index in [-0.39, 0.29) is 11.3 Å². The Bertz CT molecular complexity index is 1420. The van der Waals surface area contributed by atoms with Crippen LogP contribution in [0.5, 0.6) is 0 Å². The summed E-state index contributed by atoms with van der Waals surface area (Å²) in [7, 11) is 0. The van der Waals surface area contributed by atoms with Gasteiger partial charge in [-0.1, -0.05) is 42.5 Å². The molecule has 7 heteroatoms. The molecule has 1 N–H and O–H groups in total. The number of carbonyl (C=O) groups excluding carboxylic acids is 1. The number of imidazole rings is 1. The van der Waals surface area contributed by atoms with Crippen LogP contribution in [-0.2, 0) is 5.41 Å². The van der Waals surface area contributed by atoms with Crippen molar-refractivity contribution in [3.63, 3.8) is 0 Å². The smallest absolute Gasteiger partial charge is 0.257 e. The van der Waals surface area contributed by atoms with Crippen molar-refractivity contribution in [3.8, 4) is 0 Å². The van der Waals surface area contributed by atoms with E-state index in [1.54, 1.807) is 12.4 Å². The van der Waals surface area contributed by atoms with Crippen LogP contribution in [0, 0.1) is 6.92 Å². The molecule has 0 radical (unpaired) electrons. The second kappa shape index (κ2) is 9.94. The van der Waals surface area contributed by atoms with Crippen LogP contribution in [0.3, 0.4) is 0 Å². The molecule has 2 bridgehead atoms. The monoisotopic (exact) mass is 522 g/mol. The first-order valence-electron chi connectivity index (χ1n) is 14.6. The molecular weight excluding hydrogens is 484 g/mol. The molecule has 2 aromatic heterocycles. The van der Waals surface area contributed by atoms with Crippen molar-refractivity contribution in [2.45, 2.75) is 75.4 Å². The first kappa shape index (κ1) is 24.6. The van der Waals surface area contributed by atoms with Gasteiger partial charge in [0.1, 0.15) is 5.82 Å². The van der Waals surface area contributed by atoms with E-state index in [0.717, 1.165) is 50.2 Å². The van der Waals surface area contributed by atoms with Gasteiger partial charge in [0.2, 0.25) is 0 Å². The zero-order valence-corrected chi connectivity index (χ0v) is 22.8. The number of carbonyl (C=O) groups is 1. The standard InChI is InChI=1S/C32H38N6O/c1-23-35-29-9-5-6-10-30(29)38(23)28-19-26-11-12-27(20-28)37(26)18-15-32(25-7-3-2-4-8-25)13-16-36(17-14-32)31(39)24-21-33-34-22-24/h2-10,21-22,26-28H,11-20H2,1H3,(H,33,34)/t26-,27+,28?. The highest BCUT2D eigenvalue weighted by Gasteiger charge is 2.44. The second-order valence-corrected chi connectivity index (χ2v) is 11.9. The number of rotatable bonds is 6. The fourth-order valence-electron chi connectivity index (χ4n) is 7.95. The van der Waals surface area contributed by atoms with E-state index < -0.39 is 0 Å². The third kappa shape index (κ3) is 4.37. The molecule has 4 aromatic rings. The van der Waals surface area contributed by atoms with Crippen LogP contribution in [0.15, 0.2) is 67.0 Å². The van der Waals surface area contributed by atoms with Gasteiger partial charge in [-0.25, -0.2) is 4.98 Å². The Morgan fingerprint density at radius 1 is 0.974 bits per heavy atom. The number of piperidine rings is 2. The number of H-pyrrole nitrogens is 1. The minimum absolute atomic E-state index is 0.0906. The van der Waals surface area contributed by atoms with Gasteiger partial charge in [-0.2, -0.15) is 5.10 Å². The van der Waals surface area contributed by atoms with Gasteiger partial charge in [-0.3, -0.25) is 14.8 Å². The van der Waals surface area contributed by atoms with Crippen LogP contribution < -0.4 is 0 Å². The number of amides is 1. The number of para-hydroxylation sites is 2. The number of hydrogen-bond acceptors (Lipinski definition) is 4. The van der Waals surface area contributed by atoms with Crippen LogP contribution in [0.4, 0.5) is 0 Å². The van der Waals surface area contributed by atoms with Crippen LogP contribution in [0.1, 0.15) is 72.7 Å². The van der Waals surface area contributed by atoms with E-state index in [9.17, 15) is 4.79 Å².